The van der Waals surface area contributed by atoms with Gasteiger partial charge in [0, 0.05) is 69.2 Å². The van der Waals surface area contributed by atoms with E-state index >= 15 is 0 Å². The van der Waals surface area contributed by atoms with Crippen molar-refractivity contribution in [2.75, 3.05) is 0 Å². The molecular formula is C12CoFeN12Ni2Zn-6. The van der Waals surface area contributed by atoms with Crippen LogP contribution in [0.25, 0.3) is 0 Å². The van der Waals surface area contributed by atoms with Crippen LogP contribution in [0.2, 0.25) is 0 Å². The minimum absolute atomic E-state index is 0. The molecule has 0 fully saturated rings. The SMILES string of the molecule is [C-]#N.[C-]#N.[C-]#N.[C-]#N.[C-]#N.[C-]#N.[C-]#N.[C-]#N.[C-]#N.[C-]#N.[C-]#N.[C-]#N.[Co].[Fe+6].[Ni].[Ni].[Zn]. The van der Waals surface area contributed by atoms with Gasteiger partial charge in [0.15, 0.2) is 0 Å². The fraction of sp³-hybridized carbons (Fsp3) is 0. The Morgan fingerprint density at radius 1 is 0.241 bits per heavy atom. The monoisotopic (exact) mass is 607 g/mol. The molecule has 0 saturated heterocycles. The van der Waals surface area contributed by atoms with E-state index in [1.165, 1.54) is 0 Å². The average Bonchev–Trinajstić information content (AvgIpc) is 2.84. The molecule has 17 heteroatoms. The van der Waals surface area contributed by atoms with Gasteiger partial charge in [0.25, 0.3) is 0 Å². The molecule has 1 radical (unpaired) electrons. The molecule has 153 valence electrons. The van der Waals surface area contributed by atoms with E-state index in [0.29, 0.717) is 0 Å². The summed E-state index contributed by atoms with van der Waals surface area (Å²) in [6, 6.07) is 0. The molecule has 12 nitrogen and oxygen atoms in total. The quantitative estimate of drug-likeness (QED) is 0.276. The molecule has 0 unspecified atom stereocenters. The predicted molar refractivity (Wildman–Crippen MR) is 59.6 cm³/mol. The Hall–Kier alpha value is -3.48. The van der Waals surface area contributed by atoms with Gasteiger partial charge in [-0.25, -0.2) is 0 Å². The molecule has 0 amide bonds. The maximum atomic E-state index is 6.25. The molecule has 0 aliphatic rings. The van der Waals surface area contributed by atoms with Gasteiger partial charge in [-0.2, -0.15) is 0 Å². The topological polar surface area (TPSA) is 285 Å². The van der Waals surface area contributed by atoms with Crippen molar-refractivity contribution in [1.82, 2.24) is 0 Å². The minimum atomic E-state index is 0. The molecule has 0 bridgehead atoms. The van der Waals surface area contributed by atoms with E-state index in [4.69, 9.17) is 142 Å². The fourth-order valence-corrected chi connectivity index (χ4v) is 0. The second kappa shape index (κ2) is 1120. The average molecular weight is 610 g/mol. The third-order valence-electron chi connectivity index (χ3n) is 0. The summed E-state index contributed by atoms with van der Waals surface area (Å²) in [6.45, 7) is 57.0. The van der Waals surface area contributed by atoms with E-state index in [2.05, 4.69) is 0 Å². The molecule has 0 aliphatic heterocycles. The molecule has 0 heterocycles. The minimum Gasteiger partial charge on any atom is -0.512 e. The second-order valence-electron chi connectivity index (χ2n) is 0. The van der Waals surface area contributed by atoms with Crippen molar-refractivity contribution < 1.29 is 86.3 Å². The Morgan fingerprint density at radius 2 is 0.241 bits per heavy atom. The Balaban J connectivity index is -0.00000000356. The zero-order valence-corrected chi connectivity index (χ0v) is 20.5. The van der Waals surface area contributed by atoms with Crippen molar-refractivity contribution in [3.8, 4) is 0 Å². The van der Waals surface area contributed by atoms with Gasteiger partial charge < -0.3 is 142 Å². The van der Waals surface area contributed by atoms with Gasteiger partial charge in [-0.1, -0.05) is 0 Å². The van der Waals surface area contributed by atoms with Crippen molar-refractivity contribution in [2.45, 2.75) is 0 Å². The molecule has 0 spiro atoms. The first-order valence-electron chi connectivity index (χ1n) is 2.68. The normalized spacial score (nSPS) is 0.828. The van der Waals surface area contributed by atoms with Crippen LogP contribution in [0, 0.1) is 142 Å². The molecule has 0 aromatic rings. The van der Waals surface area contributed by atoms with Gasteiger partial charge in [0.1, 0.15) is 0 Å². The third-order valence-corrected chi connectivity index (χ3v) is 0. The van der Waals surface area contributed by atoms with E-state index in [9.17, 15) is 0 Å². The second-order valence-corrected chi connectivity index (χ2v) is 0. The number of nitrogens with zero attached hydrogens (tertiary/aromatic N) is 12. The summed E-state index contributed by atoms with van der Waals surface area (Å²) in [4.78, 5) is 0. The summed E-state index contributed by atoms with van der Waals surface area (Å²) in [5, 5.41) is 75.0. The van der Waals surface area contributed by atoms with E-state index in [0.717, 1.165) is 0 Å². The molecule has 29 heavy (non-hydrogen) atoms. The van der Waals surface area contributed by atoms with Crippen molar-refractivity contribution >= 4 is 0 Å². The van der Waals surface area contributed by atoms with E-state index < -0.39 is 0 Å². The first-order chi connectivity index (χ1) is 12.0. The van der Waals surface area contributed by atoms with Crippen LogP contribution in [0.5, 0.6) is 0 Å². The van der Waals surface area contributed by atoms with Crippen LogP contribution in [0.15, 0.2) is 0 Å². The fourth-order valence-electron chi connectivity index (χ4n) is 0. The van der Waals surface area contributed by atoms with Gasteiger partial charge in [-0.15, -0.1) is 0 Å². The molecule has 0 N–H and O–H groups in total. The van der Waals surface area contributed by atoms with Crippen LogP contribution < -0.4 is 0 Å². The summed E-state index contributed by atoms with van der Waals surface area (Å²) in [7, 11) is 0. The summed E-state index contributed by atoms with van der Waals surface area (Å²) in [5.41, 5.74) is 0. The zero-order chi connectivity index (χ0) is 24.0. The number of hydrogen-bond acceptors (Lipinski definition) is 12. The van der Waals surface area contributed by atoms with Gasteiger partial charge in [-0.3, -0.25) is 0 Å². The standard InChI is InChI=1S/12CN.Co.Fe.2Ni.Zn/c12*1-2;;;;;/q12*-1;;+6;;;. The Bertz CT molecular complexity index is 239. The molecule has 0 saturated carbocycles. The molecule has 0 aliphatic carbocycles. The van der Waals surface area contributed by atoms with Gasteiger partial charge >= 0.3 is 17.1 Å². The summed E-state index contributed by atoms with van der Waals surface area (Å²) in [6.07, 6.45) is 0. The first-order valence-corrected chi connectivity index (χ1v) is 2.68. The van der Waals surface area contributed by atoms with Crippen LogP contribution in [-0.4, -0.2) is 0 Å². The Morgan fingerprint density at radius 3 is 0.241 bits per heavy atom. The van der Waals surface area contributed by atoms with Crippen molar-refractivity contribution in [3.63, 3.8) is 0 Å². The van der Waals surface area contributed by atoms with Crippen molar-refractivity contribution in [3.05, 3.63) is 78.9 Å². The first kappa shape index (κ1) is 211. The molecule has 0 aromatic carbocycles. The number of hydrogen-bond donors (Lipinski definition) is 0. The van der Waals surface area contributed by atoms with Crippen LogP contribution in [0.1, 0.15) is 0 Å². The largest absolute Gasteiger partial charge is 6.00 e. The van der Waals surface area contributed by atoms with Crippen molar-refractivity contribution in [2.24, 2.45) is 0 Å². The van der Waals surface area contributed by atoms with E-state index in [1.807, 2.05) is 0 Å². The van der Waals surface area contributed by atoms with E-state index in [-0.39, 0.29) is 86.3 Å². The summed E-state index contributed by atoms with van der Waals surface area (Å²) >= 11 is 0. The Labute approximate surface area is 226 Å². The Kier molecular flexibility index (Phi) is 8150. The third kappa shape index (κ3) is 1020. The number of rotatable bonds is 0. The smallest absolute Gasteiger partial charge is 0.512 e. The molecular weight excluding hydrogens is 610 g/mol. The van der Waals surface area contributed by atoms with Gasteiger partial charge in [0.05, 0.1) is 0 Å². The predicted octanol–water partition coefficient (Wildman–Crippen LogP) is 1.14. The molecule has 0 aromatic heterocycles. The van der Waals surface area contributed by atoms with Gasteiger partial charge in [-0.05, 0) is 0 Å². The van der Waals surface area contributed by atoms with Crippen LogP contribution in [0.4, 0.5) is 0 Å². The van der Waals surface area contributed by atoms with Gasteiger partial charge in [0.2, 0.25) is 0 Å². The molecule has 0 rings (SSSR count). The van der Waals surface area contributed by atoms with Crippen LogP contribution in [0.3, 0.4) is 0 Å². The van der Waals surface area contributed by atoms with Crippen LogP contribution >= 0.6 is 0 Å². The van der Waals surface area contributed by atoms with Crippen LogP contribution in [-0.2, 0) is 86.3 Å². The van der Waals surface area contributed by atoms with Crippen molar-refractivity contribution in [1.29, 1.82) is 63.1 Å². The molecule has 0 atom stereocenters. The maximum absolute atomic E-state index is 6.25. The maximum Gasteiger partial charge on any atom is 6.00 e. The zero-order valence-electron chi connectivity index (χ0n) is 13.4. The summed E-state index contributed by atoms with van der Waals surface area (Å²) in [5.74, 6) is 0. The summed E-state index contributed by atoms with van der Waals surface area (Å²) < 4.78 is 0. The van der Waals surface area contributed by atoms with E-state index in [1.54, 1.807) is 0 Å².